The highest BCUT2D eigenvalue weighted by atomic mass is 32.2. The van der Waals surface area contributed by atoms with Crippen LogP contribution in [-0.2, 0) is 20.2 Å². The summed E-state index contributed by atoms with van der Waals surface area (Å²) in [6.07, 6.45) is 2.31. The van der Waals surface area contributed by atoms with Crippen LogP contribution in [0.1, 0.15) is 56.3 Å². The maximum atomic E-state index is 12.5. The highest BCUT2D eigenvalue weighted by molar-refractivity contribution is 7.86. The van der Waals surface area contributed by atoms with Crippen LogP contribution in [0.2, 0.25) is 0 Å². The second-order valence-corrected chi connectivity index (χ2v) is 10.4. The van der Waals surface area contributed by atoms with E-state index >= 15 is 0 Å². The van der Waals surface area contributed by atoms with Crippen molar-refractivity contribution in [1.29, 1.82) is 0 Å². The molecule has 0 aliphatic heterocycles. The molecule has 13 heteroatoms. The molecule has 190 valence electrons. The van der Waals surface area contributed by atoms with Crippen LogP contribution < -0.4 is 19.5 Å². The molecule has 0 aromatic heterocycles. The second kappa shape index (κ2) is 14.2. The molecule has 0 saturated heterocycles. The number of unbranched alkanes of at least 4 members (excludes halogenated alkanes) is 1. The smallest absolute Gasteiger partial charge is 0.264 e. The number of carbonyl (C=O) groups is 1. The van der Waals surface area contributed by atoms with Gasteiger partial charge in [-0.15, -0.1) is 0 Å². The maximum absolute atomic E-state index is 12.5. The molecule has 0 heterocycles. The minimum Gasteiger partial charge on any atom is -0.489 e. The van der Waals surface area contributed by atoms with E-state index in [2.05, 4.69) is 5.32 Å². The van der Waals surface area contributed by atoms with E-state index in [4.69, 9.17) is 23.3 Å². The lowest BCUT2D eigenvalue weighted by Crippen LogP contribution is -2.24. The Bertz CT molecular complexity index is 900. The molecular weight excluding hydrogens is 478 g/mol. The van der Waals surface area contributed by atoms with Crippen molar-refractivity contribution in [2.24, 2.45) is 0 Å². The molecule has 0 fully saturated rings. The molecule has 3 N–H and O–H groups in total. The fourth-order valence-electron chi connectivity index (χ4n) is 2.57. The van der Waals surface area contributed by atoms with Gasteiger partial charge in [0.1, 0.15) is 0 Å². The van der Waals surface area contributed by atoms with E-state index in [1.165, 1.54) is 12.1 Å². The molecule has 0 aliphatic rings. The lowest BCUT2D eigenvalue weighted by molar-refractivity contribution is 0.0952. The first-order chi connectivity index (χ1) is 15.5. The Balaban J connectivity index is 3.18. The van der Waals surface area contributed by atoms with E-state index in [0.29, 0.717) is 13.2 Å². The van der Waals surface area contributed by atoms with Gasteiger partial charge in [-0.3, -0.25) is 13.9 Å². The second-order valence-electron chi connectivity index (χ2n) is 7.24. The minimum atomic E-state index is -4.14. The minimum absolute atomic E-state index is 0.00401. The summed E-state index contributed by atoms with van der Waals surface area (Å²) in [6, 6.07) is 2.90. The number of hydrogen-bond acceptors (Lipinski definition) is 8. The zero-order valence-electron chi connectivity index (χ0n) is 18.9. The predicted molar refractivity (Wildman–Crippen MR) is 123 cm³/mol. The van der Waals surface area contributed by atoms with Crippen LogP contribution in [0.25, 0.3) is 0 Å². The van der Waals surface area contributed by atoms with E-state index in [1.807, 2.05) is 13.8 Å². The largest absolute Gasteiger partial charge is 0.489 e. The van der Waals surface area contributed by atoms with Crippen molar-refractivity contribution in [1.82, 2.24) is 5.32 Å². The SMILES string of the molecule is CCCCOc1c(OCCCS(=O)(=O)O)cc(C(=O)NCCC)cc1OCCCS(=O)(=O)O. The molecule has 0 saturated carbocycles. The van der Waals surface area contributed by atoms with Gasteiger partial charge in [-0.05, 0) is 37.8 Å². The first kappa shape index (κ1) is 28.9. The van der Waals surface area contributed by atoms with E-state index in [-0.39, 0.29) is 54.8 Å². The number of benzene rings is 1. The molecule has 0 spiro atoms. The number of ether oxygens (including phenoxy) is 3. The molecule has 11 nitrogen and oxygen atoms in total. The van der Waals surface area contributed by atoms with Gasteiger partial charge in [0.15, 0.2) is 11.5 Å². The Labute approximate surface area is 195 Å². The van der Waals surface area contributed by atoms with Crippen molar-refractivity contribution < 1.29 is 44.9 Å². The van der Waals surface area contributed by atoms with Crippen LogP contribution in [0.15, 0.2) is 12.1 Å². The van der Waals surface area contributed by atoms with Gasteiger partial charge in [0.25, 0.3) is 26.1 Å². The fraction of sp³-hybridized carbons (Fsp3) is 0.650. The third kappa shape index (κ3) is 12.7. The van der Waals surface area contributed by atoms with Crippen LogP contribution in [0.5, 0.6) is 17.2 Å². The Hall–Kier alpha value is -2.09. The zero-order valence-corrected chi connectivity index (χ0v) is 20.5. The average molecular weight is 512 g/mol. The van der Waals surface area contributed by atoms with Gasteiger partial charge in [-0.25, -0.2) is 0 Å². The number of hydrogen-bond donors (Lipinski definition) is 3. The third-order valence-electron chi connectivity index (χ3n) is 4.17. The van der Waals surface area contributed by atoms with Gasteiger partial charge in [0.05, 0.1) is 31.3 Å². The highest BCUT2D eigenvalue weighted by Gasteiger charge is 2.19. The molecule has 33 heavy (non-hydrogen) atoms. The highest BCUT2D eigenvalue weighted by Crippen LogP contribution is 2.39. The monoisotopic (exact) mass is 511 g/mol. The standard InChI is InChI=1S/C20H33NO10S2/c1-3-5-9-31-19-17(29-10-6-12-32(23,24)25)14-16(20(22)21-8-4-2)15-18(19)30-11-7-13-33(26,27)28/h14-15H,3-13H2,1-2H3,(H,21,22)(H,23,24,25)(H,26,27,28). The number of rotatable bonds is 17. The van der Waals surface area contributed by atoms with Gasteiger partial charge in [0.2, 0.25) is 5.75 Å². The summed E-state index contributed by atoms with van der Waals surface area (Å²) in [5, 5.41) is 2.73. The first-order valence-electron chi connectivity index (χ1n) is 10.7. The predicted octanol–water partition coefficient (Wildman–Crippen LogP) is 2.32. The van der Waals surface area contributed by atoms with Crippen molar-refractivity contribution in [3.05, 3.63) is 17.7 Å². The quantitative estimate of drug-likeness (QED) is 0.209. The molecule has 1 aromatic carbocycles. The Morgan fingerprint density at radius 3 is 1.73 bits per heavy atom. The lowest BCUT2D eigenvalue weighted by atomic mass is 10.1. The van der Waals surface area contributed by atoms with Crippen LogP contribution in [0.3, 0.4) is 0 Å². The van der Waals surface area contributed by atoms with Crippen LogP contribution in [-0.4, -0.2) is 69.7 Å². The lowest BCUT2D eigenvalue weighted by Gasteiger charge is -2.18. The summed E-state index contributed by atoms with van der Waals surface area (Å²) >= 11 is 0. The molecule has 0 aliphatic carbocycles. The number of carbonyl (C=O) groups excluding carboxylic acids is 1. The van der Waals surface area contributed by atoms with Crippen LogP contribution in [0, 0.1) is 0 Å². The van der Waals surface area contributed by atoms with Crippen molar-refractivity contribution in [3.8, 4) is 17.2 Å². The van der Waals surface area contributed by atoms with Crippen molar-refractivity contribution >= 4 is 26.1 Å². The van der Waals surface area contributed by atoms with Gasteiger partial charge < -0.3 is 19.5 Å². The van der Waals surface area contributed by atoms with E-state index < -0.39 is 31.7 Å². The number of nitrogens with one attached hydrogen (secondary N) is 1. The van der Waals surface area contributed by atoms with E-state index in [9.17, 15) is 21.6 Å². The van der Waals surface area contributed by atoms with E-state index in [1.54, 1.807) is 0 Å². The topological polar surface area (TPSA) is 166 Å². The molecule has 0 unspecified atom stereocenters. The Kier molecular flexibility index (Phi) is 12.5. The van der Waals surface area contributed by atoms with E-state index in [0.717, 1.165) is 19.3 Å². The third-order valence-corrected chi connectivity index (χ3v) is 5.78. The van der Waals surface area contributed by atoms with Gasteiger partial charge >= 0.3 is 0 Å². The van der Waals surface area contributed by atoms with Crippen LogP contribution in [0.4, 0.5) is 0 Å². The summed E-state index contributed by atoms with van der Waals surface area (Å²) in [5.74, 6) is -0.883. The summed E-state index contributed by atoms with van der Waals surface area (Å²) in [5.41, 5.74) is 0.209. The molecule has 0 radical (unpaired) electrons. The molecule has 0 atom stereocenters. The summed E-state index contributed by atoms with van der Waals surface area (Å²) < 4.78 is 78.7. The van der Waals surface area contributed by atoms with Crippen molar-refractivity contribution in [2.75, 3.05) is 37.9 Å². The fourth-order valence-corrected chi connectivity index (χ4v) is 3.54. The normalized spacial score (nSPS) is 11.8. The molecule has 1 aromatic rings. The summed E-state index contributed by atoms with van der Waals surface area (Å²) in [6.45, 7) is 4.49. The molecule has 0 bridgehead atoms. The summed E-state index contributed by atoms with van der Waals surface area (Å²) in [7, 11) is -8.29. The number of amides is 1. The summed E-state index contributed by atoms with van der Waals surface area (Å²) in [4.78, 5) is 12.5. The molecular formula is C20H33NO10S2. The van der Waals surface area contributed by atoms with Crippen molar-refractivity contribution in [2.45, 2.75) is 46.0 Å². The average Bonchev–Trinajstić information content (AvgIpc) is 2.72. The van der Waals surface area contributed by atoms with Gasteiger partial charge in [-0.1, -0.05) is 20.3 Å². The van der Waals surface area contributed by atoms with Crippen molar-refractivity contribution in [3.63, 3.8) is 0 Å². The van der Waals surface area contributed by atoms with Crippen LogP contribution >= 0.6 is 0 Å². The Morgan fingerprint density at radius 2 is 1.30 bits per heavy atom. The van der Waals surface area contributed by atoms with Gasteiger partial charge in [-0.2, -0.15) is 16.8 Å². The Morgan fingerprint density at radius 1 is 0.818 bits per heavy atom. The zero-order chi connectivity index (χ0) is 24.9. The van der Waals surface area contributed by atoms with Gasteiger partial charge in [0, 0.05) is 12.1 Å². The molecule has 1 amide bonds. The molecule has 1 rings (SSSR count). The first-order valence-corrected chi connectivity index (χ1v) is 13.9. The maximum Gasteiger partial charge on any atom is 0.264 e.